The zero-order chi connectivity index (χ0) is 17.0. The van der Waals surface area contributed by atoms with Crippen LogP contribution in [-0.2, 0) is 0 Å². The van der Waals surface area contributed by atoms with Crippen molar-refractivity contribution in [3.63, 3.8) is 0 Å². The molecule has 9 heteroatoms. The minimum atomic E-state index is -6.32. The smallest absolute Gasteiger partial charge is 0.282 e. The highest BCUT2D eigenvalue weighted by molar-refractivity contribution is 8.14. The number of halogens is 7. The van der Waals surface area contributed by atoms with Crippen molar-refractivity contribution in [1.82, 2.24) is 0 Å². The number of hydrogen-bond donors (Lipinski definition) is 0. The van der Waals surface area contributed by atoms with Gasteiger partial charge in [-0.05, 0) is 6.42 Å². The maximum absolute atomic E-state index is 13.0. The van der Waals surface area contributed by atoms with E-state index in [1.165, 1.54) is 12.1 Å². The summed E-state index contributed by atoms with van der Waals surface area (Å²) in [4.78, 5) is 11.6. The Morgan fingerprint density at radius 1 is 0.955 bits per heavy atom. The Bertz CT molecular complexity index is 499. The lowest BCUT2D eigenvalue weighted by molar-refractivity contribution is -0.355. The lowest BCUT2D eigenvalue weighted by Gasteiger charge is -2.28. The second-order valence-corrected chi connectivity index (χ2v) is 5.45. The highest BCUT2D eigenvalue weighted by Crippen LogP contribution is 2.48. The third kappa shape index (κ3) is 4.37. The number of hydrogen-bond acceptors (Lipinski definition) is 2. The fourth-order valence-electron chi connectivity index (χ4n) is 1.48. The number of carbonyl (C=O) groups is 1. The van der Waals surface area contributed by atoms with Crippen LogP contribution >= 0.6 is 11.8 Å². The van der Waals surface area contributed by atoms with Gasteiger partial charge in [0.15, 0.2) is 0 Å². The maximum Gasteiger partial charge on any atom is 0.459 e. The Labute approximate surface area is 125 Å². The van der Waals surface area contributed by atoms with E-state index >= 15 is 0 Å². The Morgan fingerprint density at radius 2 is 1.50 bits per heavy atom. The van der Waals surface area contributed by atoms with Crippen LogP contribution in [0.3, 0.4) is 0 Å². The molecule has 0 aromatic heterocycles. The van der Waals surface area contributed by atoms with Crippen LogP contribution in [0.15, 0.2) is 30.3 Å². The van der Waals surface area contributed by atoms with Crippen LogP contribution in [0.25, 0.3) is 0 Å². The highest BCUT2D eigenvalue weighted by Gasteiger charge is 2.72. The van der Waals surface area contributed by atoms with Crippen molar-refractivity contribution >= 4 is 16.9 Å². The molecule has 0 saturated carbocycles. The molecule has 22 heavy (non-hydrogen) atoms. The molecule has 0 bridgehead atoms. The van der Waals surface area contributed by atoms with E-state index in [9.17, 15) is 35.5 Å². The second kappa shape index (κ2) is 6.89. The molecule has 0 unspecified atom stereocenters. The molecule has 1 aromatic carbocycles. The summed E-state index contributed by atoms with van der Waals surface area (Å²) in [5.74, 6) is -11.6. The summed E-state index contributed by atoms with van der Waals surface area (Å²) in [7, 11) is 0. The topological polar surface area (TPSA) is 17.1 Å². The predicted molar refractivity (Wildman–Crippen MR) is 68.4 cm³/mol. The standard InChI is InChI=1S/C13H11F7OS/c14-11(15,12(16,17)13(18,19)20)7-4-8-22-10(21)9-5-2-1-3-6-9/h1-3,5-6H,4,7-8H2. The first-order chi connectivity index (χ1) is 9.99. The van der Waals surface area contributed by atoms with Crippen LogP contribution in [0, 0.1) is 0 Å². The van der Waals surface area contributed by atoms with Crippen LogP contribution in [0.2, 0.25) is 0 Å². The first-order valence-electron chi connectivity index (χ1n) is 6.03. The fraction of sp³-hybridized carbons (Fsp3) is 0.462. The van der Waals surface area contributed by atoms with Gasteiger partial charge in [-0.3, -0.25) is 4.79 Å². The number of thioether (sulfide) groups is 1. The SMILES string of the molecule is O=C(SCCCC(F)(F)C(F)(F)C(F)(F)F)c1ccccc1. The van der Waals surface area contributed by atoms with Crippen LogP contribution in [0.4, 0.5) is 30.7 Å². The van der Waals surface area contributed by atoms with Crippen LogP contribution in [0.5, 0.6) is 0 Å². The molecule has 0 saturated heterocycles. The van der Waals surface area contributed by atoms with E-state index in [0.29, 0.717) is 17.3 Å². The van der Waals surface area contributed by atoms with Crippen molar-refractivity contribution in [2.24, 2.45) is 0 Å². The van der Waals surface area contributed by atoms with Gasteiger partial charge in [0, 0.05) is 17.7 Å². The van der Waals surface area contributed by atoms with Gasteiger partial charge in [-0.1, -0.05) is 42.1 Å². The first-order valence-corrected chi connectivity index (χ1v) is 7.02. The van der Waals surface area contributed by atoms with E-state index in [4.69, 9.17) is 0 Å². The first kappa shape index (κ1) is 18.8. The molecule has 0 aliphatic carbocycles. The molecule has 0 N–H and O–H groups in total. The van der Waals surface area contributed by atoms with Gasteiger partial charge in [-0.25, -0.2) is 0 Å². The van der Waals surface area contributed by atoms with Gasteiger partial charge in [0.25, 0.3) is 0 Å². The zero-order valence-electron chi connectivity index (χ0n) is 11.0. The molecule has 0 aliphatic heterocycles. The number of benzene rings is 1. The molecular weight excluding hydrogens is 337 g/mol. The minimum absolute atomic E-state index is 0.281. The van der Waals surface area contributed by atoms with E-state index in [1.807, 2.05) is 0 Å². The van der Waals surface area contributed by atoms with E-state index < -0.39 is 36.0 Å². The molecule has 0 amide bonds. The lowest BCUT2D eigenvalue weighted by Crippen LogP contribution is -2.51. The molecule has 0 heterocycles. The summed E-state index contributed by atoms with van der Waals surface area (Å²) in [5.41, 5.74) is 0.292. The number of rotatable bonds is 6. The zero-order valence-corrected chi connectivity index (χ0v) is 11.8. The lowest BCUT2D eigenvalue weighted by atomic mass is 10.1. The Balaban J connectivity index is 2.49. The monoisotopic (exact) mass is 348 g/mol. The van der Waals surface area contributed by atoms with Gasteiger partial charge < -0.3 is 0 Å². The van der Waals surface area contributed by atoms with Gasteiger partial charge >= 0.3 is 18.0 Å². The molecule has 0 fully saturated rings. The third-order valence-electron chi connectivity index (χ3n) is 2.69. The fourth-order valence-corrected chi connectivity index (χ4v) is 2.26. The minimum Gasteiger partial charge on any atom is -0.282 e. The van der Waals surface area contributed by atoms with Gasteiger partial charge in [-0.15, -0.1) is 0 Å². The Kier molecular flexibility index (Phi) is 5.89. The molecular formula is C13H11F7OS. The largest absolute Gasteiger partial charge is 0.459 e. The Morgan fingerprint density at radius 3 is 2.00 bits per heavy atom. The molecule has 0 spiro atoms. The number of carbonyl (C=O) groups excluding carboxylic acids is 1. The molecule has 1 nitrogen and oxygen atoms in total. The second-order valence-electron chi connectivity index (χ2n) is 4.38. The van der Waals surface area contributed by atoms with Crippen molar-refractivity contribution in [3.05, 3.63) is 35.9 Å². The van der Waals surface area contributed by atoms with Crippen molar-refractivity contribution in [2.45, 2.75) is 30.9 Å². The van der Waals surface area contributed by atoms with E-state index in [1.54, 1.807) is 18.2 Å². The van der Waals surface area contributed by atoms with Gasteiger partial charge in [-0.2, -0.15) is 30.7 Å². The summed E-state index contributed by atoms with van der Waals surface area (Å²) >= 11 is 0.590. The van der Waals surface area contributed by atoms with E-state index in [-0.39, 0.29) is 5.75 Å². The highest BCUT2D eigenvalue weighted by atomic mass is 32.2. The quantitative estimate of drug-likeness (QED) is 0.521. The van der Waals surface area contributed by atoms with Gasteiger partial charge in [0.2, 0.25) is 5.12 Å². The van der Waals surface area contributed by atoms with Crippen LogP contribution in [0.1, 0.15) is 23.2 Å². The maximum atomic E-state index is 13.0. The van der Waals surface area contributed by atoms with Gasteiger partial charge in [0.1, 0.15) is 0 Å². The van der Waals surface area contributed by atoms with Crippen molar-refractivity contribution in [1.29, 1.82) is 0 Å². The molecule has 0 aliphatic rings. The van der Waals surface area contributed by atoms with Crippen molar-refractivity contribution in [3.8, 4) is 0 Å². The molecule has 0 atom stereocenters. The van der Waals surface area contributed by atoms with Crippen LogP contribution in [-0.4, -0.2) is 28.9 Å². The normalized spacial score (nSPS) is 13.2. The predicted octanol–water partition coefficient (Wildman–Crippen LogP) is 5.17. The average molecular weight is 348 g/mol. The molecule has 1 rings (SSSR count). The summed E-state index contributed by atoms with van der Waals surface area (Å²) in [6.45, 7) is 0. The number of alkyl halides is 7. The van der Waals surface area contributed by atoms with Crippen LogP contribution < -0.4 is 0 Å². The molecule has 1 aromatic rings. The summed E-state index contributed by atoms with van der Waals surface area (Å²) in [5, 5.41) is -0.466. The molecule has 0 radical (unpaired) electrons. The van der Waals surface area contributed by atoms with Crippen molar-refractivity contribution < 1.29 is 35.5 Å². The van der Waals surface area contributed by atoms with Gasteiger partial charge in [0.05, 0.1) is 0 Å². The summed E-state index contributed by atoms with van der Waals surface area (Å²) in [6.07, 6.45) is -8.63. The summed E-state index contributed by atoms with van der Waals surface area (Å²) in [6, 6.07) is 7.75. The average Bonchev–Trinajstić information content (AvgIpc) is 2.43. The molecule has 124 valence electrons. The Hall–Kier alpha value is -1.25. The summed E-state index contributed by atoms with van der Waals surface area (Å²) < 4.78 is 86.9. The van der Waals surface area contributed by atoms with E-state index in [0.717, 1.165) is 0 Å². The third-order valence-corrected chi connectivity index (χ3v) is 3.68. The van der Waals surface area contributed by atoms with E-state index in [2.05, 4.69) is 0 Å². The van der Waals surface area contributed by atoms with Crippen molar-refractivity contribution in [2.75, 3.05) is 5.75 Å².